The van der Waals surface area contributed by atoms with E-state index < -0.39 is 0 Å². The van der Waals surface area contributed by atoms with E-state index in [9.17, 15) is 9.59 Å². The highest BCUT2D eigenvalue weighted by molar-refractivity contribution is 6.30. The number of para-hydroxylation sites is 1. The first kappa shape index (κ1) is 22.4. The summed E-state index contributed by atoms with van der Waals surface area (Å²) in [5, 5.41) is 5.41. The molecule has 4 rings (SSSR count). The third-order valence-corrected chi connectivity index (χ3v) is 5.46. The molecule has 0 aliphatic rings. The second-order valence-electron chi connectivity index (χ2n) is 7.68. The number of rotatable bonds is 7. The summed E-state index contributed by atoms with van der Waals surface area (Å²) in [6.07, 6.45) is 3.35. The van der Waals surface area contributed by atoms with Crippen LogP contribution in [0, 0.1) is 0 Å². The van der Waals surface area contributed by atoms with Gasteiger partial charge in [-0.25, -0.2) is 4.68 Å². The van der Waals surface area contributed by atoms with Gasteiger partial charge in [0.1, 0.15) is 0 Å². The van der Waals surface area contributed by atoms with Crippen LogP contribution in [0.3, 0.4) is 0 Å². The summed E-state index contributed by atoms with van der Waals surface area (Å²) in [4.78, 5) is 28.2. The van der Waals surface area contributed by atoms with Gasteiger partial charge in [0.25, 0.3) is 5.91 Å². The second kappa shape index (κ2) is 9.75. The van der Waals surface area contributed by atoms with Crippen molar-refractivity contribution in [2.45, 2.75) is 6.54 Å². The molecule has 2 aromatic carbocycles. The van der Waals surface area contributed by atoms with E-state index >= 15 is 0 Å². The SMILES string of the molecule is CN(Cc1cn(-c2ccccc2)nc1-c1ccc(Cl)cc1)C(=O)CN(C)C(=O)c1ccco1. The Labute approximate surface area is 196 Å². The zero-order valence-corrected chi connectivity index (χ0v) is 19.1. The van der Waals surface area contributed by atoms with Crippen LogP contribution in [-0.2, 0) is 11.3 Å². The quantitative estimate of drug-likeness (QED) is 0.405. The van der Waals surface area contributed by atoms with Crippen LogP contribution >= 0.6 is 11.6 Å². The number of hydrogen-bond acceptors (Lipinski definition) is 4. The van der Waals surface area contributed by atoms with Crippen molar-refractivity contribution >= 4 is 23.4 Å². The highest BCUT2D eigenvalue weighted by Gasteiger charge is 2.21. The maximum atomic E-state index is 12.9. The Morgan fingerprint density at radius 2 is 1.70 bits per heavy atom. The van der Waals surface area contributed by atoms with Crippen LogP contribution in [0.2, 0.25) is 5.02 Å². The Bertz CT molecular complexity index is 1230. The van der Waals surface area contributed by atoms with Gasteiger partial charge < -0.3 is 14.2 Å². The molecular weight excluding hydrogens is 440 g/mol. The van der Waals surface area contributed by atoms with Crippen molar-refractivity contribution in [3.05, 3.63) is 95.5 Å². The second-order valence-corrected chi connectivity index (χ2v) is 8.11. The Morgan fingerprint density at radius 1 is 0.970 bits per heavy atom. The summed E-state index contributed by atoms with van der Waals surface area (Å²) in [6, 6.07) is 20.4. The van der Waals surface area contributed by atoms with Crippen LogP contribution in [0.15, 0.2) is 83.6 Å². The van der Waals surface area contributed by atoms with Gasteiger partial charge in [-0.2, -0.15) is 5.10 Å². The molecular formula is C25H23ClN4O3. The summed E-state index contributed by atoms with van der Waals surface area (Å²) in [5.74, 6) is -0.352. The van der Waals surface area contributed by atoms with E-state index in [-0.39, 0.29) is 24.1 Å². The van der Waals surface area contributed by atoms with Crippen molar-refractivity contribution in [2.24, 2.45) is 0 Å². The van der Waals surface area contributed by atoms with Crippen LogP contribution in [0.25, 0.3) is 16.9 Å². The smallest absolute Gasteiger partial charge is 0.289 e. The molecule has 2 aromatic heterocycles. The Kier molecular flexibility index (Phi) is 6.60. The van der Waals surface area contributed by atoms with Gasteiger partial charge in [-0.05, 0) is 36.4 Å². The summed E-state index contributed by atoms with van der Waals surface area (Å²) in [5.41, 5.74) is 3.44. The summed E-state index contributed by atoms with van der Waals surface area (Å²) >= 11 is 6.06. The summed E-state index contributed by atoms with van der Waals surface area (Å²) in [7, 11) is 3.28. The number of likely N-dealkylation sites (N-methyl/N-ethyl adjacent to an activating group) is 2. The van der Waals surface area contributed by atoms with Gasteiger partial charge in [0.15, 0.2) is 5.76 Å². The van der Waals surface area contributed by atoms with E-state index in [0.29, 0.717) is 11.6 Å². The molecule has 0 atom stereocenters. The molecule has 0 fully saturated rings. The van der Waals surface area contributed by atoms with Crippen molar-refractivity contribution in [2.75, 3.05) is 20.6 Å². The first-order valence-corrected chi connectivity index (χ1v) is 10.7. The molecule has 0 unspecified atom stereocenters. The van der Waals surface area contributed by atoms with E-state index in [2.05, 4.69) is 0 Å². The maximum Gasteiger partial charge on any atom is 0.289 e. The lowest BCUT2D eigenvalue weighted by Gasteiger charge is -2.21. The number of hydrogen-bond donors (Lipinski definition) is 0. The third kappa shape index (κ3) is 5.15. The number of amides is 2. The zero-order valence-electron chi connectivity index (χ0n) is 18.3. The van der Waals surface area contributed by atoms with Crippen molar-refractivity contribution in [1.29, 1.82) is 0 Å². The molecule has 0 bridgehead atoms. The van der Waals surface area contributed by atoms with Crippen molar-refractivity contribution in [3.8, 4) is 16.9 Å². The van der Waals surface area contributed by atoms with Crippen LogP contribution in [0.1, 0.15) is 16.1 Å². The number of nitrogens with zero attached hydrogens (tertiary/aromatic N) is 4. The maximum absolute atomic E-state index is 12.9. The highest BCUT2D eigenvalue weighted by atomic mass is 35.5. The molecule has 8 heteroatoms. The monoisotopic (exact) mass is 462 g/mol. The molecule has 0 saturated carbocycles. The molecule has 0 aliphatic carbocycles. The van der Waals surface area contributed by atoms with Gasteiger partial charge >= 0.3 is 0 Å². The minimum absolute atomic E-state index is 0.0703. The van der Waals surface area contributed by atoms with Gasteiger partial charge in [0, 0.05) is 43.0 Å². The van der Waals surface area contributed by atoms with Gasteiger partial charge in [0.2, 0.25) is 5.91 Å². The first-order valence-electron chi connectivity index (χ1n) is 10.3. The molecule has 0 spiro atoms. The van der Waals surface area contributed by atoms with Gasteiger partial charge in [0.05, 0.1) is 24.2 Å². The Hall–Kier alpha value is -3.84. The molecule has 33 heavy (non-hydrogen) atoms. The third-order valence-electron chi connectivity index (χ3n) is 5.21. The van der Waals surface area contributed by atoms with E-state index in [4.69, 9.17) is 21.1 Å². The van der Waals surface area contributed by atoms with Crippen LogP contribution < -0.4 is 0 Å². The zero-order chi connectivity index (χ0) is 23.4. The Balaban J connectivity index is 1.55. The number of carbonyl (C=O) groups is 2. The average molecular weight is 463 g/mol. The van der Waals surface area contributed by atoms with E-state index in [1.54, 1.807) is 35.8 Å². The standard InChI is InChI=1S/C25H23ClN4O3/c1-28(23(31)17-29(2)25(32)22-9-6-14-33-22)15-19-16-30(21-7-4-3-5-8-21)27-24(19)18-10-12-20(26)13-11-18/h3-14,16H,15,17H2,1-2H3. The fraction of sp³-hybridized carbons (Fsp3) is 0.160. The molecule has 2 heterocycles. The van der Waals surface area contributed by atoms with E-state index in [0.717, 1.165) is 22.5 Å². The number of carbonyl (C=O) groups excluding carboxylic acids is 2. The average Bonchev–Trinajstić information content (AvgIpc) is 3.50. The molecule has 0 saturated heterocycles. The van der Waals surface area contributed by atoms with E-state index in [1.807, 2.05) is 60.8 Å². The lowest BCUT2D eigenvalue weighted by Crippen LogP contribution is -2.39. The van der Waals surface area contributed by atoms with Crippen LogP contribution in [-0.4, -0.2) is 52.0 Å². The minimum atomic E-state index is -0.347. The number of furan rings is 1. The fourth-order valence-corrected chi connectivity index (χ4v) is 3.54. The molecule has 0 aliphatic heterocycles. The van der Waals surface area contributed by atoms with E-state index in [1.165, 1.54) is 11.2 Å². The lowest BCUT2D eigenvalue weighted by molar-refractivity contribution is -0.130. The van der Waals surface area contributed by atoms with Crippen molar-refractivity contribution in [3.63, 3.8) is 0 Å². The summed E-state index contributed by atoms with van der Waals surface area (Å²) in [6.45, 7) is 0.255. The van der Waals surface area contributed by atoms with Crippen molar-refractivity contribution < 1.29 is 14.0 Å². The predicted molar refractivity (Wildman–Crippen MR) is 126 cm³/mol. The molecule has 168 valence electrons. The predicted octanol–water partition coefficient (Wildman–Crippen LogP) is 4.52. The van der Waals surface area contributed by atoms with Gasteiger partial charge in [-0.1, -0.05) is 41.9 Å². The Morgan fingerprint density at radius 3 is 2.36 bits per heavy atom. The normalized spacial score (nSPS) is 10.8. The fourth-order valence-electron chi connectivity index (χ4n) is 3.42. The molecule has 7 nitrogen and oxygen atoms in total. The first-order chi connectivity index (χ1) is 15.9. The molecule has 0 N–H and O–H groups in total. The molecule has 4 aromatic rings. The lowest BCUT2D eigenvalue weighted by atomic mass is 10.1. The summed E-state index contributed by atoms with van der Waals surface area (Å²) < 4.78 is 6.93. The van der Waals surface area contributed by atoms with Crippen LogP contribution in [0.5, 0.6) is 0 Å². The number of halogens is 1. The largest absolute Gasteiger partial charge is 0.459 e. The molecule has 2 amide bonds. The molecule has 0 radical (unpaired) electrons. The highest BCUT2D eigenvalue weighted by Crippen LogP contribution is 2.26. The van der Waals surface area contributed by atoms with Gasteiger partial charge in [-0.15, -0.1) is 0 Å². The number of benzene rings is 2. The minimum Gasteiger partial charge on any atom is -0.459 e. The number of aromatic nitrogens is 2. The topological polar surface area (TPSA) is 71.6 Å². The van der Waals surface area contributed by atoms with Crippen molar-refractivity contribution in [1.82, 2.24) is 19.6 Å². The van der Waals surface area contributed by atoms with Gasteiger partial charge in [-0.3, -0.25) is 9.59 Å². The van der Waals surface area contributed by atoms with Crippen LogP contribution in [0.4, 0.5) is 0 Å².